The largest absolute Gasteiger partial charge is 0.454 e. The Bertz CT molecular complexity index is 1240. The van der Waals surface area contributed by atoms with E-state index in [1.807, 2.05) is 47.8 Å². The molecule has 9 heteroatoms. The first kappa shape index (κ1) is 21.7. The van der Waals surface area contributed by atoms with Gasteiger partial charge in [0.05, 0.1) is 22.0 Å². The summed E-state index contributed by atoms with van der Waals surface area (Å²) in [5.74, 6) is -1.05. The predicted molar refractivity (Wildman–Crippen MR) is 123 cm³/mol. The maximum atomic E-state index is 12.9. The molecule has 32 heavy (non-hydrogen) atoms. The zero-order valence-electron chi connectivity index (χ0n) is 17.1. The molecule has 4 rings (SSSR count). The smallest absolute Gasteiger partial charge is 0.342 e. The van der Waals surface area contributed by atoms with Crippen LogP contribution in [0.3, 0.4) is 0 Å². The highest BCUT2D eigenvalue weighted by Gasteiger charge is 2.22. The molecule has 0 radical (unpaired) electrons. The van der Waals surface area contributed by atoms with Crippen LogP contribution in [-0.4, -0.2) is 34.0 Å². The van der Waals surface area contributed by atoms with Crippen molar-refractivity contribution in [1.82, 2.24) is 15.1 Å². The Balaban J connectivity index is 1.49. The molecule has 1 aromatic carbocycles. The molecule has 0 saturated carbocycles. The van der Waals surface area contributed by atoms with Crippen LogP contribution >= 0.6 is 22.7 Å². The quantitative estimate of drug-likeness (QED) is 0.309. The molecule has 0 aliphatic heterocycles. The van der Waals surface area contributed by atoms with Gasteiger partial charge in [-0.05, 0) is 35.7 Å². The van der Waals surface area contributed by atoms with Crippen molar-refractivity contribution in [3.8, 4) is 16.3 Å². The van der Waals surface area contributed by atoms with Crippen molar-refractivity contribution in [3.63, 3.8) is 0 Å². The molecule has 0 saturated heterocycles. The minimum Gasteiger partial charge on any atom is -0.454 e. The summed E-state index contributed by atoms with van der Waals surface area (Å²) in [6.07, 6.45) is 1.62. The fraction of sp³-hybridized carbons (Fsp3) is 0.130. The topological polar surface area (TPSA) is 90.3 Å². The van der Waals surface area contributed by atoms with E-state index in [1.165, 1.54) is 29.6 Å². The summed E-state index contributed by atoms with van der Waals surface area (Å²) < 4.78 is 6.97. The van der Waals surface area contributed by atoms with Gasteiger partial charge >= 0.3 is 5.97 Å². The Hall–Kier alpha value is -3.56. The molecule has 0 fully saturated rings. The van der Waals surface area contributed by atoms with Crippen molar-refractivity contribution in [3.05, 3.63) is 81.5 Å². The molecule has 0 aliphatic carbocycles. The number of amides is 1. The van der Waals surface area contributed by atoms with Gasteiger partial charge in [-0.25, -0.2) is 9.48 Å². The summed E-state index contributed by atoms with van der Waals surface area (Å²) in [5, 5.41) is 9.17. The van der Waals surface area contributed by atoms with E-state index >= 15 is 0 Å². The van der Waals surface area contributed by atoms with Gasteiger partial charge in [-0.15, -0.1) is 22.7 Å². The van der Waals surface area contributed by atoms with E-state index in [0.717, 1.165) is 15.4 Å². The number of aromatic nitrogens is 2. The van der Waals surface area contributed by atoms with Crippen LogP contribution in [0, 0.1) is 0 Å². The van der Waals surface area contributed by atoms with Gasteiger partial charge in [-0.3, -0.25) is 9.59 Å². The number of ether oxygens (including phenoxy) is 1. The van der Waals surface area contributed by atoms with Gasteiger partial charge in [0.1, 0.15) is 11.3 Å². The Labute approximate surface area is 192 Å². The summed E-state index contributed by atoms with van der Waals surface area (Å²) in [6.45, 7) is 1.42. The predicted octanol–water partition coefficient (Wildman–Crippen LogP) is 4.34. The lowest BCUT2D eigenvalue weighted by Gasteiger charge is -2.03. The van der Waals surface area contributed by atoms with E-state index in [0.29, 0.717) is 22.7 Å². The number of hydrogen-bond acceptors (Lipinski definition) is 7. The van der Waals surface area contributed by atoms with Crippen molar-refractivity contribution in [2.24, 2.45) is 0 Å². The maximum absolute atomic E-state index is 12.9. The Morgan fingerprint density at radius 2 is 1.88 bits per heavy atom. The van der Waals surface area contributed by atoms with Gasteiger partial charge in [0.25, 0.3) is 0 Å². The SMILES string of the molecule is CC(=O)NCc1ccc(C(=O)COC(=O)c2cn(-c3ccccc3)nc2-c2cccs2)s1. The first-order chi connectivity index (χ1) is 15.5. The number of carbonyl (C=O) groups is 3. The molecule has 0 unspecified atom stereocenters. The molecule has 0 spiro atoms. The average Bonchev–Trinajstić information content (AvgIpc) is 3.56. The summed E-state index contributed by atoms with van der Waals surface area (Å²) in [4.78, 5) is 38.5. The highest BCUT2D eigenvalue weighted by atomic mass is 32.1. The molecule has 0 aliphatic rings. The van der Waals surface area contributed by atoms with E-state index in [9.17, 15) is 14.4 Å². The van der Waals surface area contributed by atoms with Gasteiger partial charge in [-0.2, -0.15) is 5.10 Å². The molecule has 3 heterocycles. The lowest BCUT2D eigenvalue weighted by molar-refractivity contribution is -0.119. The van der Waals surface area contributed by atoms with Crippen LogP contribution in [0.15, 0.2) is 66.2 Å². The van der Waals surface area contributed by atoms with Crippen LogP contribution in [0.4, 0.5) is 0 Å². The van der Waals surface area contributed by atoms with E-state index in [1.54, 1.807) is 23.0 Å². The Kier molecular flexibility index (Phi) is 6.58. The number of hydrogen-bond donors (Lipinski definition) is 1. The molecule has 3 aromatic heterocycles. The van der Waals surface area contributed by atoms with Crippen LogP contribution in [0.25, 0.3) is 16.3 Å². The number of rotatable bonds is 8. The highest BCUT2D eigenvalue weighted by Crippen LogP contribution is 2.28. The van der Waals surface area contributed by atoms with Crippen molar-refractivity contribution in [2.45, 2.75) is 13.5 Å². The molecule has 1 amide bonds. The summed E-state index contributed by atoms with van der Waals surface area (Å²) in [5.41, 5.74) is 1.61. The van der Waals surface area contributed by atoms with Crippen molar-refractivity contribution < 1.29 is 19.1 Å². The maximum Gasteiger partial charge on any atom is 0.342 e. The molecule has 7 nitrogen and oxygen atoms in total. The zero-order chi connectivity index (χ0) is 22.5. The van der Waals surface area contributed by atoms with Gasteiger partial charge < -0.3 is 10.1 Å². The highest BCUT2D eigenvalue weighted by molar-refractivity contribution is 7.14. The van der Waals surface area contributed by atoms with Gasteiger partial charge in [-0.1, -0.05) is 24.3 Å². The third-order valence-corrected chi connectivity index (χ3v) is 6.49. The lowest BCUT2D eigenvalue weighted by Crippen LogP contribution is -2.18. The average molecular weight is 466 g/mol. The summed E-state index contributed by atoms with van der Waals surface area (Å²) in [6, 6.07) is 16.7. The number of ketones is 1. The first-order valence-electron chi connectivity index (χ1n) is 9.73. The van der Waals surface area contributed by atoms with Gasteiger partial charge in [0.15, 0.2) is 6.61 Å². The van der Waals surface area contributed by atoms with Crippen LogP contribution in [0.1, 0.15) is 31.8 Å². The van der Waals surface area contributed by atoms with Gasteiger partial charge in [0.2, 0.25) is 11.7 Å². The van der Waals surface area contributed by atoms with Crippen LogP contribution in [0.2, 0.25) is 0 Å². The monoisotopic (exact) mass is 465 g/mol. The first-order valence-corrected chi connectivity index (χ1v) is 11.4. The normalized spacial score (nSPS) is 10.7. The minimum absolute atomic E-state index is 0.141. The van der Waals surface area contributed by atoms with Crippen molar-refractivity contribution >= 4 is 40.3 Å². The second kappa shape index (κ2) is 9.71. The van der Waals surface area contributed by atoms with E-state index < -0.39 is 5.97 Å². The number of carbonyl (C=O) groups excluding carboxylic acids is 3. The van der Waals surface area contributed by atoms with Crippen molar-refractivity contribution in [1.29, 1.82) is 0 Å². The molecule has 0 bridgehead atoms. The number of esters is 1. The molecular formula is C23H19N3O4S2. The second-order valence-electron chi connectivity index (χ2n) is 6.82. The Morgan fingerprint density at radius 1 is 1.06 bits per heavy atom. The van der Waals surface area contributed by atoms with Gasteiger partial charge in [0, 0.05) is 18.0 Å². The lowest BCUT2D eigenvalue weighted by atomic mass is 10.2. The standard InChI is InChI=1S/C23H19N3O4S2/c1-15(27)24-12-17-9-10-20(32-17)19(28)14-30-23(29)18-13-26(16-6-3-2-4-7-16)25-22(18)21-8-5-11-31-21/h2-11,13H,12,14H2,1H3,(H,24,27). The molecule has 162 valence electrons. The number of Topliss-reactive ketones (excluding diaryl/α,β-unsaturated/α-hetero) is 1. The van der Waals surface area contributed by atoms with E-state index in [2.05, 4.69) is 10.4 Å². The molecule has 1 N–H and O–H groups in total. The zero-order valence-corrected chi connectivity index (χ0v) is 18.7. The van der Waals surface area contributed by atoms with Crippen LogP contribution in [0.5, 0.6) is 0 Å². The van der Waals surface area contributed by atoms with Crippen LogP contribution in [-0.2, 0) is 16.1 Å². The van der Waals surface area contributed by atoms with E-state index in [4.69, 9.17) is 4.74 Å². The van der Waals surface area contributed by atoms with E-state index in [-0.39, 0.29) is 18.3 Å². The number of nitrogens with zero attached hydrogens (tertiary/aromatic N) is 2. The Morgan fingerprint density at radius 3 is 2.59 bits per heavy atom. The van der Waals surface area contributed by atoms with Crippen LogP contribution < -0.4 is 5.32 Å². The number of para-hydroxylation sites is 1. The third-order valence-electron chi connectivity index (χ3n) is 4.49. The molecule has 4 aromatic rings. The fourth-order valence-electron chi connectivity index (χ4n) is 2.95. The fourth-order valence-corrected chi connectivity index (χ4v) is 4.54. The molecule has 0 atom stereocenters. The van der Waals surface area contributed by atoms with Crippen molar-refractivity contribution in [2.75, 3.05) is 6.61 Å². The number of thiophene rings is 2. The molecular weight excluding hydrogens is 446 g/mol. The summed E-state index contributed by atoms with van der Waals surface area (Å²) in [7, 11) is 0. The number of nitrogens with one attached hydrogen (secondary N) is 1. The second-order valence-corrected chi connectivity index (χ2v) is 8.94. The minimum atomic E-state index is -0.612. The third kappa shape index (κ3) is 5.01. The summed E-state index contributed by atoms with van der Waals surface area (Å²) >= 11 is 2.73. The number of benzene rings is 1.